The minimum Gasteiger partial charge on any atom is -0.348 e. The zero-order chi connectivity index (χ0) is 22.0. The minimum absolute atomic E-state index is 0.0593. The summed E-state index contributed by atoms with van der Waals surface area (Å²) in [5.41, 5.74) is 1.81. The van der Waals surface area contributed by atoms with E-state index in [4.69, 9.17) is 11.6 Å². The molecule has 4 rings (SSSR count). The molecular weight excluding hydrogens is 429 g/mol. The average molecular weight is 449 g/mol. The number of aromatic amines is 1. The first kappa shape index (κ1) is 21.4. The predicted molar refractivity (Wildman–Crippen MR) is 112 cm³/mol. The molecule has 1 aliphatic heterocycles. The molecule has 2 N–H and O–H groups in total. The molecule has 3 aromatic rings. The molecule has 2 aromatic carbocycles. The molecular formula is C22H20ClF3N4O. The fourth-order valence-electron chi connectivity index (χ4n) is 3.74. The number of amides is 1. The quantitative estimate of drug-likeness (QED) is 0.592. The van der Waals surface area contributed by atoms with Gasteiger partial charge in [0, 0.05) is 36.3 Å². The summed E-state index contributed by atoms with van der Waals surface area (Å²) in [6.07, 6.45) is -2.11. The Hall–Kier alpha value is -2.84. The molecule has 162 valence electrons. The molecule has 5 nitrogen and oxygen atoms in total. The summed E-state index contributed by atoms with van der Waals surface area (Å²) in [6, 6.07) is 12.3. The number of hydrogen-bond donors (Lipinski definition) is 2. The zero-order valence-corrected chi connectivity index (χ0v) is 17.2. The third-order valence-corrected chi connectivity index (χ3v) is 5.65. The standard InChI is InChI=1S/C22H20ClF3N4O/c23-19-4-2-1-3-17(19)20-18(11-27-29-20)21(31)28-16-9-10-30(13-16)12-14-5-7-15(8-6-14)22(24,25)26/h1-8,11,16H,9-10,12-13H2,(H,27,29)(H,28,31). The molecule has 9 heteroatoms. The normalized spacial score (nSPS) is 17.1. The molecule has 1 unspecified atom stereocenters. The molecule has 0 saturated carbocycles. The van der Waals surface area contributed by atoms with Gasteiger partial charge in [0.15, 0.2) is 0 Å². The average Bonchev–Trinajstić information content (AvgIpc) is 3.38. The lowest BCUT2D eigenvalue weighted by molar-refractivity contribution is -0.137. The first-order valence-electron chi connectivity index (χ1n) is 9.79. The van der Waals surface area contributed by atoms with Crippen molar-refractivity contribution in [1.82, 2.24) is 20.4 Å². The van der Waals surface area contributed by atoms with Crippen LogP contribution in [0.25, 0.3) is 11.3 Å². The van der Waals surface area contributed by atoms with Crippen molar-refractivity contribution in [3.05, 3.63) is 76.4 Å². The van der Waals surface area contributed by atoms with Crippen molar-refractivity contribution in [2.45, 2.75) is 25.2 Å². The van der Waals surface area contributed by atoms with E-state index in [1.807, 2.05) is 18.2 Å². The second kappa shape index (κ2) is 8.72. The van der Waals surface area contributed by atoms with E-state index in [-0.39, 0.29) is 11.9 Å². The zero-order valence-electron chi connectivity index (χ0n) is 16.4. The van der Waals surface area contributed by atoms with Crippen LogP contribution in [-0.2, 0) is 12.7 Å². The van der Waals surface area contributed by atoms with Gasteiger partial charge in [-0.25, -0.2) is 0 Å². The number of H-pyrrole nitrogens is 1. The lowest BCUT2D eigenvalue weighted by Gasteiger charge is -2.17. The molecule has 1 saturated heterocycles. The Balaban J connectivity index is 1.36. The Morgan fingerprint density at radius 1 is 1.19 bits per heavy atom. The largest absolute Gasteiger partial charge is 0.416 e. The molecule has 0 spiro atoms. The first-order valence-corrected chi connectivity index (χ1v) is 10.2. The second-order valence-corrected chi connectivity index (χ2v) is 7.93. The highest BCUT2D eigenvalue weighted by molar-refractivity contribution is 6.33. The summed E-state index contributed by atoms with van der Waals surface area (Å²) >= 11 is 6.24. The lowest BCUT2D eigenvalue weighted by Crippen LogP contribution is -2.37. The molecule has 1 aliphatic rings. The predicted octanol–water partition coefficient (Wildman–Crippen LogP) is 4.75. The van der Waals surface area contributed by atoms with Crippen molar-refractivity contribution >= 4 is 17.5 Å². The van der Waals surface area contributed by atoms with Crippen molar-refractivity contribution in [3.63, 3.8) is 0 Å². The minimum atomic E-state index is -4.34. The molecule has 0 radical (unpaired) electrons. The maximum atomic E-state index is 12.8. The van der Waals surface area contributed by atoms with E-state index in [9.17, 15) is 18.0 Å². The number of rotatable bonds is 5. The molecule has 1 amide bonds. The SMILES string of the molecule is O=C(NC1CCN(Cc2ccc(C(F)(F)F)cc2)C1)c1cn[nH]c1-c1ccccc1Cl. The number of carbonyl (C=O) groups excluding carboxylic acids is 1. The maximum Gasteiger partial charge on any atom is 0.416 e. The third kappa shape index (κ3) is 4.91. The van der Waals surface area contributed by atoms with E-state index < -0.39 is 11.7 Å². The fourth-order valence-corrected chi connectivity index (χ4v) is 3.97. The van der Waals surface area contributed by atoms with Crippen molar-refractivity contribution in [2.24, 2.45) is 0 Å². The smallest absolute Gasteiger partial charge is 0.348 e. The van der Waals surface area contributed by atoms with E-state index in [1.165, 1.54) is 18.3 Å². The van der Waals surface area contributed by atoms with Gasteiger partial charge in [0.1, 0.15) is 0 Å². The Labute approximate surface area is 182 Å². The summed E-state index contributed by atoms with van der Waals surface area (Å²) < 4.78 is 38.1. The summed E-state index contributed by atoms with van der Waals surface area (Å²) in [6.45, 7) is 1.89. The number of likely N-dealkylation sites (tertiary alicyclic amines) is 1. The molecule has 0 bridgehead atoms. The van der Waals surface area contributed by atoms with Crippen molar-refractivity contribution < 1.29 is 18.0 Å². The highest BCUT2D eigenvalue weighted by Crippen LogP contribution is 2.30. The Kier molecular flexibility index (Phi) is 6.02. The summed E-state index contributed by atoms with van der Waals surface area (Å²) in [5.74, 6) is -0.245. The maximum absolute atomic E-state index is 12.8. The molecule has 1 aromatic heterocycles. The molecule has 1 atom stereocenters. The van der Waals surface area contributed by atoms with Crippen LogP contribution < -0.4 is 5.32 Å². The summed E-state index contributed by atoms with van der Waals surface area (Å²) in [5, 5.41) is 10.4. The lowest BCUT2D eigenvalue weighted by atomic mass is 10.1. The fraction of sp³-hybridized carbons (Fsp3) is 0.273. The summed E-state index contributed by atoms with van der Waals surface area (Å²) in [4.78, 5) is 14.9. The van der Waals surface area contributed by atoms with Gasteiger partial charge in [-0.2, -0.15) is 18.3 Å². The molecule has 0 aliphatic carbocycles. The van der Waals surface area contributed by atoms with Gasteiger partial charge in [0.2, 0.25) is 0 Å². The van der Waals surface area contributed by atoms with Crippen molar-refractivity contribution in [3.8, 4) is 11.3 Å². The number of alkyl halides is 3. The van der Waals surface area contributed by atoms with Crippen LogP contribution in [0.15, 0.2) is 54.7 Å². The number of nitrogens with zero attached hydrogens (tertiary/aromatic N) is 2. The van der Waals surface area contributed by atoms with Gasteiger partial charge in [0.25, 0.3) is 5.91 Å². The van der Waals surface area contributed by atoms with Crippen molar-refractivity contribution in [2.75, 3.05) is 13.1 Å². The number of aromatic nitrogens is 2. The Bertz CT molecular complexity index is 1070. The number of hydrogen-bond acceptors (Lipinski definition) is 3. The van der Waals surface area contributed by atoms with Gasteiger partial charge in [0.05, 0.1) is 23.0 Å². The summed E-state index contributed by atoms with van der Waals surface area (Å²) in [7, 11) is 0. The molecule has 2 heterocycles. The van der Waals surface area contributed by atoms with Crippen LogP contribution in [0.1, 0.15) is 27.9 Å². The van der Waals surface area contributed by atoms with Crippen LogP contribution in [0.3, 0.4) is 0 Å². The van der Waals surface area contributed by atoms with E-state index in [0.29, 0.717) is 34.9 Å². The highest BCUT2D eigenvalue weighted by atomic mass is 35.5. The van der Waals surface area contributed by atoms with Gasteiger partial charge < -0.3 is 5.32 Å². The van der Waals surface area contributed by atoms with Gasteiger partial charge in [-0.15, -0.1) is 0 Å². The highest BCUT2D eigenvalue weighted by Gasteiger charge is 2.30. The molecule has 1 fully saturated rings. The Morgan fingerprint density at radius 3 is 2.65 bits per heavy atom. The second-order valence-electron chi connectivity index (χ2n) is 7.53. The van der Waals surface area contributed by atoms with Crippen LogP contribution in [0.4, 0.5) is 13.2 Å². The number of halogens is 4. The van der Waals surface area contributed by atoms with Gasteiger partial charge in [-0.05, 0) is 30.2 Å². The van der Waals surface area contributed by atoms with E-state index >= 15 is 0 Å². The van der Waals surface area contributed by atoms with E-state index in [1.54, 1.807) is 6.07 Å². The van der Waals surface area contributed by atoms with Crippen LogP contribution in [0.2, 0.25) is 5.02 Å². The van der Waals surface area contributed by atoms with Crippen LogP contribution in [0.5, 0.6) is 0 Å². The van der Waals surface area contributed by atoms with Gasteiger partial charge in [-0.1, -0.05) is 41.9 Å². The monoisotopic (exact) mass is 448 g/mol. The Morgan fingerprint density at radius 2 is 1.94 bits per heavy atom. The van der Waals surface area contributed by atoms with Gasteiger partial charge in [-0.3, -0.25) is 14.8 Å². The van der Waals surface area contributed by atoms with Crippen LogP contribution in [-0.4, -0.2) is 40.1 Å². The topological polar surface area (TPSA) is 61.0 Å². The molecule has 31 heavy (non-hydrogen) atoms. The van der Waals surface area contributed by atoms with E-state index in [2.05, 4.69) is 20.4 Å². The third-order valence-electron chi connectivity index (χ3n) is 5.32. The number of nitrogens with one attached hydrogen (secondary N) is 2. The number of carbonyl (C=O) groups is 1. The van der Waals surface area contributed by atoms with Gasteiger partial charge >= 0.3 is 6.18 Å². The van der Waals surface area contributed by atoms with E-state index in [0.717, 1.165) is 30.7 Å². The van der Waals surface area contributed by atoms with Crippen LogP contribution in [0, 0.1) is 0 Å². The first-order chi connectivity index (χ1) is 14.8. The van der Waals surface area contributed by atoms with Crippen LogP contribution >= 0.6 is 11.6 Å². The number of benzene rings is 2. The van der Waals surface area contributed by atoms with Crippen molar-refractivity contribution in [1.29, 1.82) is 0 Å².